The van der Waals surface area contributed by atoms with Gasteiger partial charge in [-0.1, -0.05) is 30.3 Å². The van der Waals surface area contributed by atoms with Gasteiger partial charge in [-0.3, -0.25) is 14.5 Å². The second kappa shape index (κ2) is 7.35. The van der Waals surface area contributed by atoms with Crippen LogP contribution in [0.2, 0.25) is 0 Å². The molecule has 2 saturated heterocycles. The molecule has 0 spiro atoms. The summed E-state index contributed by atoms with van der Waals surface area (Å²) < 4.78 is 7.87. The molecule has 0 radical (unpaired) electrons. The Bertz CT molecular complexity index is 988. The lowest BCUT2D eigenvalue weighted by atomic mass is 9.99. The molecule has 6 heteroatoms. The molecule has 29 heavy (non-hydrogen) atoms. The predicted octanol–water partition coefficient (Wildman–Crippen LogP) is 3.70. The monoisotopic (exact) mass is 388 g/mol. The van der Waals surface area contributed by atoms with E-state index in [1.54, 1.807) is 17.1 Å². The highest BCUT2D eigenvalue weighted by molar-refractivity contribution is 5.94. The van der Waals surface area contributed by atoms with Crippen LogP contribution < -0.4 is 4.74 Å². The average Bonchev–Trinajstić information content (AvgIpc) is 3.26. The number of aromatic nitrogens is 3. The molecule has 2 fully saturated rings. The Morgan fingerprint density at radius 3 is 2.41 bits per heavy atom. The summed E-state index contributed by atoms with van der Waals surface area (Å²) >= 11 is 0. The number of rotatable bonds is 4. The first-order chi connectivity index (χ1) is 14.2. The van der Waals surface area contributed by atoms with Gasteiger partial charge < -0.3 is 9.64 Å². The quantitative estimate of drug-likeness (QED) is 0.684. The zero-order chi connectivity index (χ0) is 19.8. The van der Waals surface area contributed by atoms with Crippen LogP contribution in [0.15, 0.2) is 60.9 Å². The molecule has 1 amide bonds. The molecule has 2 atom stereocenters. The minimum atomic E-state index is 0.0806. The van der Waals surface area contributed by atoms with E-state index in [1.165, 1.54) is 0 Å². The van der Waals surface area contributed by atoms with Gasteiger partial charge in [-0.25, -0.2) is 0 Å². The number of aryl methyl sites for hydroxylation is 1. The second-order valence-electron chi connectivity index (χ2n) is 7.90. The standard InChI is InChI=1S/C23H24N4O2/c1-26-22(15-21(25-26)16-5-3-2-4-6-16)23(28)27-17-7-8-18(27)14-20(13-17)29-19-9-11-24-12-10-19/h2-6,9-12,15,17-18,20H,7-8,13-14H2,1H3. The van der Waals surface area contributed by atoms with Crippen molar-refractivity contribution in [3.63, 3.8) is 0 Å². The number of carbonyl (C=O) groups is 1. The number of carbonyl (C=O) groups excluding carboxylic acids is 1. The minimum Gasteiger partial charge on any atom is -0.490 e. The third-order valence-electron chi connectivity index (χ3n) is 6.05. The van der Waals surface area contributed by atoms with Crippen molar-refractivity contribution >= 4 is 5.91 Å². The van der Waals surface area contributed by atoms with Gasteiger partial charge in [0.05, 0.1) is 5.69 Å². The van der Waals surface area contributed by atoms with Crippen LogP contribution in [0.4, 0.5) is 0 Å². The van der Waals surface area contributed by atoms with Crippen molar-refractivity contribution in [2.45, 2.75) is 43.9 Å². The molecular weight excluding hydrogens is 364 g/mol. The summed E-state index contributed by atoms with van der Waals surface area (Å²) in [5.41, 5.74) is 2.50. The minimum absolute atomic E-state index is 0.0806. The zero-order valence-electron chi connectivity index (χ0n) is 16.4. The number of amides is 1. The number of nitrogens with zero attached hydrogens (tertiary/aromatic N) is 4. The summed E-state index contributed by atoms with van der Waals surface area (Å²) in [4.78, 5) is 19.5. The maximum absolute atomic E-state index is 13.4. The Morgan fingerprint density at radius 1 is 1.03 bits per heavy atom. The first kappa shape index (κ1) is 17.9. The van der Waals surface area contributed by atoms with Crippen LogP contribution in [0.3, 0.4) is 0 Å². The van der Waals surface area contributed by atoms with E-state index in [0.717, 1.165) is 42.7 Å². The van der Waals surface area contributed by atoms with Gasteiger partial charge in [0.15, 0.2) is 0 Å². The van der Waals surface area contributed by atoms with Crippen molar-refractivity contribution in [2.24, 2.45) is 7.05 Å². The van der Waals surface area contributed by atoms with Gasteiger partial charge in [-0.05, 0) is 31.0 Å². The molecule has 2 aliphatic heterocycles. The Morgan fingerprint density at radius 2 is 1.72 bits per heavy atom. The number of pyridine rings is 1. The molecule has 4 heterocycles. The molecule has 5 rings (SSSR count). The van der Waals surface area contributed by atoms with E-state index in [1.807, 2.05) is 55.6 Å². The van der Waals surface area contributed by atoms with E-state index in [9.17, 15) is 4.79 Å². The van der Waals surface area contributed by atoms with Gasteiger partial charge in [0.1, 0.15) is 17.5 Å². The molecule has 148 valence electrons. The van der Waals surface area contributed by atoms with Crippen molar-refractivity contribution in [3.05, 3.63) is 66.6 Å². The highest BCUT2D eigenvalue weighted by Crippen LogP contribution is 2.38. The smallest absolute Gasteiger partial charge is 0.272 e. The van der Waals surface area contributed by atoms with Gasteiger partial charge in [0, 0.05) is 49.9 Å². The van der Waals surface area contributed by atoms with Crippen LogP contribution in [0.1, 0.15) is 36.2 Å². The molecule has 2 bridgehead atoms. The fourth-order valence-electron chi connectivity index (χ4n) is 4.71. The summed E-state index contributed by atoms with van der Waals surface area (Å²) in [6.07, 6.45) is 7.45. The van der Waals surface area contributed by atoms with E-state index in [4.69, 9.17) is 4.74 Å². The third-order valence-corrected chi connectivity index (χ3v) is 6.05. The fourth-order valence-corrected chi connectivity index (χ4v) is 4.71. The van der Waals surface area contributed by atoms with Gasteiger partial charge in [0.2, 0.25) is 0 Å². The fraction of sp³-hybridized carbons (Fsp3) is 0.348. The van der Waals surface area contributed by atoms with Crippen molar-refractivity contribution in [3.8, 4) is 17.0 Å². The Labute approximate surface area is 170 Å². The molecule has 2 aromatic heterocycles. The Hall–Kier alpha value is -3.15. The lowest BCUT2D eigenvalue weighted by Gasteiger charge is -2.38. The lowest BCUT2D eigenvalue weighted by molar-refractivity contribution is 0.0350. The van der Waals surface area contributed by atoms with Gasteiger partial charge in [0.25, 0.3) is 5.91 Å². The van der Waals surface area contributed by atoms with Crippen LogP contribution >= 0.6 is 0 Å². The Balaban J connectivity index is 1.33. The molecule has 0 aliphatic carbocycles. The van der Waals surface area contributed by atoms with Crippen LogP contribution in [0.25, 0.3) is 11.3 Å². The van der Waals surface area contributed by atoms with Crippen molar-refractivity contribution in [1.29, 1.82) is 0 Å². The maximum atomic E-state index is 13.4. The molecule has 0 saturated carbocycles. The number of piperidine rings is 1. The maximum Gasteiger partial charge on any atom is 0.272 e. The molecular formula is C23H24N4O2. The topological polar surface area (TPSA) is 60.2 Å². The first-order valence-electron chi connectivity index (χ1n) is 10.2. The first-order valence-corrected chi connectivity index (χ1v) is 10.2. The predicted molar refractivity (Wildman–Crippen MR) is 110 cm³/mol. The highest BCUT2D eigenvalue weighted by atomic mass is 16.5. The van der Waals surface area contributed by atoms with E-state index >= 15 is 0 Å². The van der Waals surface area contributed by atoms with Crippen LogP contribution in [-0.4, -0.2) is 43.8 Å². The van der Waals surface area contributed by atoms with Crippen LogP contribution in [-0.2, 0) is 7.05 Å². The normalized spacial score (nSPS) is 23.2. The van der Waals surface area contributed by atoms with Gasteiger partial charge >= 0.3 is 0 Å². The second-order valence-corrected chi connectivity index (χ2v) is 7.90. The number of hydrogen-bond donors (Lipinski definition) is 0. The summed E-state index contributed by atoms with van der Waals surface area (Å²) in [6, 6.07) is 16.1. The summed E-state index contributed by atoms with van der Waals surface area (Å²) in [5.74, 6) is 0.931. The number of ether oxygens (including phenoxy) is 1. The van der Waals surface area contributed by atoms with Crippen molar-refractivity contribution in [2.75, 3.05) is 0 Å². The summed E-state index contributed by atoms with van der Waals surface area (Å²) in [5, 5.41) is 4.58. The average molecular weight is 388 g/mol. The Kier molecular flexibility index (Phi) is 4.54. The molecule has 2 aliphatic rings. The summed E-state index contributed by atoms with van der Waals surface area (Å²) in [7, 11) is 1.85. The van der Waals surface area contributed by atoms with Crippen LogP contribution in [0.5, 0.6) is 5.75 Å². The highest BCUT2D eigenvalue weighted by Gasteiger charge is 2.44. The lowest BCUT2D eigenvalue weighted by Crippen LogP contribution is -2.49. The van der Waals surface area contributed by atoms with Crippen molar-refractivity contribution in [1.82, 2.24) is 19.7 Å². The van der Waals surface area contributed by atoms with E-state index in [0.29, 0.717) is 5.69 Å². The SMILES string of the molecule is Cn1nc(-c2ccccc2)cc1C(=O)N1C2CCC1CC(Oc1ccncc1)C2. The molecule has 1 aromatic carbocycles. The molecule has 6 nitrogen and oxygen atoms in total. The molecule has 0 N–H and O–H groups in total. The number of fused-ring (bicyclic) bond motifs is 2. The number of benzene rings is 1. The third kappa shape index (κ3) is 3.39. The summed E-state index contributed by atoms with van der Waals surface area (Å²) in [6.45, 7) is 0. The van der Waals surface area contributed by atoms with Crippen LogP contribution in [0, 0.1) is 0 Å². The van der Waals surface area contributed by atoms with E-state index in [-0.39, 0.29) is 24.1 Å². The zero-order valence-corrected chi connectivity index (χ0v) is 16.4. The number of hydrogen-bond acceptors (Lipinski definition) is 4. The largest absolute Gasteiger partial charge is 0.490 e. The van der Waals surface area contributed by atoms with E-state index < -0.39 is 0 Å². The van der Waals surface area contributed by atoms with Crippen molar-refractivity contribution < 1.29 is 9.53 Å². The molecule has 3 aromatic rings. The van der Waals surface area contributed by atoms with Gasteiger partial charge in [-0.2, -0.15) is 5.10 Å². The van der Waals surface area contributed by atoms with Gasteiger partial charge in [-0.15, -0.1) is 0 Å². The molecule has 2 unspecified atom stereocenters. The van der Waals surface area contributed by atoms with E-state index in [2.05, 4.69) is 15.0 Å².